The molecule has 0 saturated carbocycles. The Bertz CT molecular complexity index is 1390. The van der Waals surface area contributed by atoms with E-state index in [1.165, 1.54) is 12.7 Å². The topological polar surface area (TPSA) is 101 Å². The van der Waals surface area contributed by atoms with Crippen molar-refractivity contribution in [2.24, 2.45) is 0 Å². The van der Waals surface area contributed by atoms with Gasteiger partial charge in [0.05, 0.1) is 27.4 Å². The Balaban J connectivity index is 1.19. The minimum atomic E-state index is -0.0987. The van der Waals surface area contributed by atoms with Crippen molar-refractivity contribution in [2.75, 3.05) is 65.0 Å². The molecule has 11 heteroatoms. The van der Waals surface area contributed by atoms with Crippen molar-refractivity contribution in [3.05, 3.63) is 65.9 Å². The largest absolute Gasteiger partial charge is 0.496 e. The molecule has 3 aromatic rings. The molecule has 236 valence electrons. The number of urea groups is 1. The monoisotopic (exact) mass is 605 g/mol. The molecule has 2 saturated heterocycles. The van der Waals surface area contributed by atoms with E-state index in [9.17, 15) is 9.59 Å². The maximum atomic E-state index is 13.7. The van der Waals surface area contributed by atoms with E-state index < -0.39 is 0 Å². The van der Waals surface area contributed by atoms with E-state index in [4.69, 9.17) is 18.6 Å². The molecule has 0 N–H and O–H groups in total. The molecule has 11 nitrogen and oxygen atoms in total. The van der Waals surface area contributed by atoms with E-state index >= 15 is 0 Å². The Morgan fingerprint density at radius 3 is 2.45 bits per heavy atom. The van der Waals surface area contributed by atoms with Crippen molar-refractivity contribution < 1.29 is 28.2 Å². The van der Waals surface area contributed by atoms with Crippen LogP contribution in [0.5, 0.6) is 17.2 Å². The number of piperazine rings is 1. The summed E-state index contributed by atoms with van der Waals surface area (Å²) in [6.07, 6.45) is 6.73. The first-order valence-electron chi connectivity index (χ1n) is 15.4. The average Bonchev–Trinajstić information content (AvgIpc) is 3.60. The number of aromatic nitrogens is 1. The molecule has 3 amide bonds. The van der Waals surface area contributed by atoms with Crippen LogP contribution in [-0.4, -0.2) is 91.7 Å². The Morgan fingerprint density at radius 1 is 0.909 bits per heavy atom. The molecule has 0 radical (unpaired) electrons. The molecular formula is C33H43N5O6. The number of carbonyl (C=O) groups is 2. The number of anilines is 1. The SMILES string of the molecule is CCCCCOc1cc(N2CCCN(Cc3ccc(CN4CCN(C(=O)c5cocn5)CC4)cc3OC)C2=O)ccc1OC. The standard InChI is InChI=1S/C33H43N5O6/c1-4-5-6-18-44-31-20-27(10-11-29(31)41-2)38-13-7-12-37(33(38)40)22-26-9-8-25(19-30(26)42-3)21-35-14-16-36(17-15-35)32(39)28-23-43-24-34-28/h8-11,19-20,23-24H,4-7,12-18,21-22H2,1-3H3. The predicted octanol–water partition coefficient (Wildman–Crippen LogP) is 5.05. The van der Waals surface area contributed by atoms with Crippen molar-refractivity contribution >= 4 is 17.6 Å². The summed E-state index contributed by atoms with van der Waals surface area (Å²) in [5.41, 5.74) is 3.23. The van der Waals surface area contributed by atoms with E-state index in [0.29, 0.717) is 56.5 Å². The fourth-order valence-corrected chi connectivity index (χ4v) is 5.72. The lowest BCUT2D eigenvalue weighted by atomic mass is 10.1. The van der Waals surface area contributed by atoms with Crippen molar-refractivity contribution in [1.29, 1.82) is 0 Å². The number of amides is 3. The molecule has 0 atom stereocenters. The summed E-state index contributed by atoms with van der Waals surface area (Å²) in [7, 11) is 3.30. The van der Waals surface area contributed by atoms with E-state index in [1.807, 2.05) is 32.9 Å². The summed E-state index contributed by atoms with van der Waals surface area (Å²) >= 11 is 0. The molecule has 2 aliphatic heterocycles. The zero-order valence-corrected chi connectivity index (χ0v) is 26.0. The fraction of sp³-hybridized carbons (Fsp3) is 0.485. The lowest BCUT2D eigenvalue weighted by Crippen LogP contribution is -2.49. The second-order valence-corrected chi connectivity index (χ2v) is 11.2. The van der Waals surface area contributed by atoms with Crippen LogP contribution in [0.15, 0.2) is 53.5 Å². The Morgan fingerprint density at radius 2 is 1.73 bits per heavy atom. The van der Waals surface area contributed by atoms with E-state index in [0.717, 1.165) is 67.9 Å². The van der Waals surface area contributed by atoms with Gasteiger partial charge in [0.1, 0.15) is 12.0 Å². The van der Waals surface area contributed by atoms with Gasteiger partial charge in [0.15, 0.2) is 23.6 Å². The minimum absolute atomic E-state index is 0.0393. The highest BCUT2D eigenvalue weighted by Crippen LogP contribution is 2.34. The van der Waals surface area contributed by atoms with Gasteiger partial charge in [-0.15, -0.1) is 0 Å². The normalized spacial score (nSPS) is 15.9. The summed E-state index contributed by atoms with van der Waals surface area (Å²) in [5, 5.41) is 0. The van der Waals surface area contributed by atoms with Gasteiger partial charge in [-0.2, -0.15) is 0 Å². The number of ether oxygens (including phenoxy) is 3. The number of hydrogen-bond donors (Lipinski definition) is 0. The van der Waals surface area contributed by atoms with Crippen LogP contribution in [0.3, 0.4) is 0 Å². The third kappa shape index (κ3) is 7.45. The number of unbranched alkanes of at least 4 members (excludes halogenated alkanes) is 2. The molecule has 0 bridgehead atoms. The quantitative estimate of drug-likeness (QED) is 0.250. The zero-order chi connectivity index (χ0) is 30.9. The minimum Gasteiger partial charge on any atom is -0.496 e. The summed E-state index contributed by atoms with van der Waals surface area (Å²) in [4.78, 5) is 38.0. The van der Waals surface area contributed by atoms with E-state index in [2.05, 4.69) is 35.0 Å². The number of nitrogens with zero attached hydrogens (tertiary/aromatic N) is 5. The van der Waals surface area contributed by atoms with Crippen LogP contribution >= 0.6 is 0 Å². The maximum absolute atomic E-state index is 13.7. The van der Waals surface area contributed by atoms with Crippen molar-refractivity contribution in [2.45, 2.75) is 45.7 Å². The number of methoxy groups -OCH3 is 2. The van der Waals surface area contributed by atoms with E-state index in [-0.39, 0.29) is 11.9 Å². The second-order valence-electron chi connectivity index (χ2n) is 11.2. The molecule has 0 spiro atoms. The molecule has 1 aromatic heterocycles. The van der Waals surface area contributed by atoms with Crippen molar-refractivity contribution in [3.8, 4) is 17.2 Å². The lowest BCUT2D eigenvalue weighted by Gasteiger charge is -2.36. The smallest absolute Gasteiger partial charge is 0.324 e. The van der Waals surface area contributed by atoms with Crippen LogP contribution in [0.1, 0.15) is 54.2 Å². The number of oxazole rings is 1. The summed E-state index contributed by atoms with van der Waals surface area (Å²) in [6.45, 7) is 8.10. The summed E-state index contributed by atoms with van der Waals surface area (Å²) in [5.74, 6) is 1.99. The molecule has 0 unspecified atom stereocenters. The number of carbonyl (C=O) groups excluding carboxylic acids is 2. The van der Waals surface area contributed by atoms with Crippen LogP contribution in [-0.2, 0) is 13.1 Å². The summed E-state index contributed by atoms with van der Waals surface area (Å²) < 4.78 is 22.3. The van der Waals surface area contributed by atoms with Gasteiger partial charge in [0.25, 0.3) is 5.91 Å². The van der Waals surface area contributed by atoms with Crippen molar-refractivity contribution in [1.82, 2.24) is 19.7 Å². The summed E-state index contributed by atoms with van der Waals surface area (Å²) in [6, 6.07) is 11.9. The number of benzene rings is 2. The van der Waals surface area contributed by atoms with Gasteiger partial charge in [0.2, 0.25) is 0 Å². The first-order chi connectivity index (χ1) is 21.5. The number of rotatable bonds is 13. The lowest BCUT2D eigenvalue weighted by molar-refractivity contribution is 0.0622. The third-order valence-corrected chi connectivity index (χ3v) is 8.21. The Hall–Kier alpha value is -4.25. The maximum Gasteiger partial charge on any atom is 0.324 e. The molecule has 2 fully saturated rings. The fourth-order valence-electron chi connectivity index (χ4n) is 5.72. The molecular weight excluding hydrogens is 562 g/mol. The second kappa shape index (κ2) is 15.0. The van der Waals surface area contributed by atoms with Crippen LogP contribution in [0, 0.1) is 0 Å². The molecule has 5 rings (SSSR count). The van der Waals surface area contributed by atoms with Crippen LogP contribution in [0.2, 0.25) is 0 Å². The van der Waals surface area contributed by atoms with Gasteiger partial charge < -0.3 is 28.4 Å². The van der Waals surface area contributed by atoms with Crippen molar-refractivity contribution in [3.63, 3.8) is 0 Å². The molecule has 2 aliphatic rings. The molecule has 3 heterocycles. The zero-order valence-electron chi connectivity index (χ0n) is 26.0. The van der Waals surface area contributed by atoms with Crippen LogP contribution in [0.25, 0.3) is 0 Å². The molecule has 2 aromatic carbocycles. The van der Waals surface area contributed by atoms with Gasteiger partial charge in [-0.3, -0.25) is 14.6 Å². The van der Waals surface area contributed by atoms with Gasteiger partial charge in [0, 0.05) is 63.1 Å². The van der Waals surface area contributed by atoms with E-state index in [1.54, 1.807) is 14.2 Å². The highest BCUT2D eigenvalue weighted by atomic mass is 16.5. The van der Waals surface area contributed by atoms with Gasteiger partial charge in [-0.25, -0.2) is 9.78 Å². The molecule has 0 aliphatic carbocycles. The Kier molecular flexibility index (Phi) is 10.6. The highest BCUT2D eigenvalue weighted by Gasteiger charge is 2.29. The number of hydrogen-bond acceptors (Lipinski definition) is 8. The predicted molar refractivity (Wildman–Crippen MR) is 166 cm³/mol. The van der Waals surface area contributed by atoms with Crippen LogP contribution in [0.4, 0.5) is 10.5 Å². The average molecular weight is 606 g/mol. The molecule has 44 heavy (non-hydrogen) atoms. The highest BCUT2D eigenvalue weighted by molar-refractivity contribution is 5.93. The van der Waals surface area contributed by atoms with Crippen LogP contribution < -0.4 is 19.1 Å². The van der Waals surface area contributed by atoms with Gasteiger partial charge in [-0.05, 0) is 36.6 Å². The van der Waals surface area contributed by atoms with Gasteiger partial charge >= 0.3 is 6.03 Å². The third-order valence-electron chi connectivity index (χ3n) is 8.21. The Labute approximate surface area is 259 Å². The first-order valence-corrected chi connectivity index (χ1v) is 15.4. The first kappa shape index (κ1) is 31.2. The van der Waals surface area contributed by atoms with Gasteiger partial charge in [-0.1, -0.05) is 31.9 Å².